The minimum Gasteiger partial charge on any atom is -0.454 e. The Morgan fingerprint density at radius 2 is 1.84 bits per heavy atom. The third kappa shape index (κ3) is 3.52. The van der Waals surface area contributed by atoms with Gasteiger partial charge in [0, 0.05) is 16.8 Å². The van der Waals surface area contributed by atoms with Crippen molar-refractivity contribution in [1.29, 1.82) is 0 Å². The minimum atomic E-state index is 0.226. The zero-order valence-electron chi connectivity index (χ0n) is 12.7. The predicted molar refractivity (Wildman–Crippen MR) is 95.4 cm³/mol. The van der Waals surface area contributed by atoms with Gasteiger partial charge < -0.3 is 20.1 Å². The summed E-state index contributed by atoms with van der Waals surface area (Å²) < 4.78 is 10.6. The van der Waals surface area contributed by atoms with E-state index in [1.165, 1.54) is 6.20 Å². The minimum absolute atomic E-state index is 0.226. The topological polar surface area (TPSA) is 81.2 Å². The molecule has 0 radical (unpaired) electrons. The molecule has 0 amide bonds. The molecule has 0 aliphatic carbocycles. The van der Waals surface area contributed by atoms with E-state index in [0.717, 1.165) is 5.69 Å². The van der Waals surface area contributed by atoms with Gasteiger partial charge in [0.25, 0.3) is 0 Å². The van der Waals surface area contributed by atoms with Crippen molar-refractivity contribution in [2.45, 2.75) is 0 Å². The van der Waals surface area contributed by atoms with Crippen LogP contribution in [-0.2, 0) is 0 Å². The first-order valence-corrected chi connectivity index (χ1v) is 8.01. The summed E-state index contributed by atoms with van der Waals surface area (Å²) in [7, 11) is 0. The molecule has 9 heteroatoms. The number of nitrogens with one attached hydrogen (secondary N) is 2. The largest absolute Gasteiger partial charge is 0.454 e. The molecule has 1 aliphatic rings. The van der Waals surface area contributed by atoms with Crippen molar-refractivity contribution >= 4 is 46.3 Å². The Kier molecular flexibility index (Phi) is 4.17. The number of benzene rings is 2. The molecule has 0 saturated heterocycles. The summed E-state index contributed by atoms with van der Waals surface area (Å²) >= 11 is 12.0. The maximum atomic E-state index is 6.14. The smallest absolute Gasteiger partial charge is 0.249 e. The van der Waals surface area contributed by atoms with Crippen molar-refractivity contribution in [3.63, 3.8) is 0 Å². The first-order valence-electron chi connectivity index (χ1n) is 7.26. The van der Waals surface area contributed by atoms with E-state index < -0.39 is 0 Å². The molecule has 1 aromatic heterocycles. The molecule has 0 unspecified atom stereocenters. The molecule has 0 atom stereocenters. The van der Waals surface area contributed by atoms with Gasteiger partial charge in [-0.15, -0.1) is 5.10 Å². The Bertz CT molecular complexity index is 938. The maximum Gasteiger partial charge on any atom is 0.249 e. The molecule has 2 aromatic carbocycles. The number of halogens is 2. The van der Waals surface area contributed by atoms with Gasteiger partial charge >= 0.3 is 0 Å². The highest BCUT2D eigenvalue weighted by Crippen LogP contribution is 2.35. The fourth-order valence-electron chi connectivity index (χ4n) is 2.25. The van der Waals surface area contributed by atoms with Crippen LogP contribution in [0.4, 0.5) is 23.1 Å². The highest BCUT2D eigenvalue weighted by molar-refractivity contribution is 6.36. The molecule has 7 nitrogen and oxygen atoms in total. The third-order valence-corrected chi connectivity index (χ3v) is 3.93. The molecule has 0 fully saturated rings. The summed E-state index contributed by atoms with van der Waals surface area (Å²) in [4.78, 5) is 4.36. The highest BCUT2D eigenvalue weighted by atomic mass is 35.5. The van der Waals surface area contributed by atoms with E-state index in [4.69, 9.17) is 32.7 Å². The summed E-state index contributed by atoms with van der Waals surface area (Å²) in [6.45, 7) is 0.226. The van der Waals surface area contributed by atoms with Gasteiger partial charge in [-0.05, 0) is 30.3 Å². The van der Waals surface area contributed by atoms with Gasteiger partial charge in [0.05, 0.1) is 16.9 Å². The van der Waals surface area contributed by atoms with Gasteiger partial charge in [0.15, 0.2) is 17.3 Å². The Hall–Kier alpha value is -2.77. The van der Waals surface area contributed by atoms with Crippen molar-refractivity contribution in [3.8, 4) is 11.5 Å². The second kappa shape index (κ2) is 6.62. The van der Waals surface area contributed by atoms with Gasteiger partial charge in [0.1, 0.15) is 0 Å². The third-order valence-electron chi connectivity index (χ3n) is 3.38. The Morgan fingerprint density at radius 1 is 0.960 bits per heavy atom. The molecule has 0 saturated carbocycles. The lowest BCUT2D eigenvalue weighted by molar-refractivity contribution is 0.174. The van der Waals surface area contributed by atoms with E-state index in [2.05, 4.69) is 25.8 Å². The fraction of sp³-hybridized carbons (Fsp3) is 0.0625. The van der Waals surface area contributed by atoms with E-state index in [-0.39, 0.29) is 6.79 Å². The highest BCUT2D eigenvalue weighted by Gasteiger charge is 2.13. The van der Waals surface area contributed by atoms with Crippen molar-refractivity contribution < 1.29 is 9.47 Å². The number of ether oxygens (including phenoxy) is 2. The Morgan fingerprint density at radius 3 is 2.72 bits per heavy atom. The van der Waals surface area contributed by atoms with E-state index in [0.29, 0.717) is 39.0 Å². The fourth-order valence-corrected chi connectivity index (χ4v) is 2.71. The molecule has 0 spiro atoms. The summed E-state index contributed by atoms with van der Waals surface area (Å²) in [6.07, 6.45) is 1.51. The standard InChI is InChI=1S/C16H11Cl2N5O2/c17-9-1-3-12(11(18)5-9)21-16-22-15(7-19-23-16)20-10-2-4-13-14(6-10)25-8-24-13/h1-7H,8H2,(H2,20,21,22,23). The van der Waals surface area contributed by atoms with Crippen LogP contribution in [0.25, 0.3) is 0 Å². The normalized spacial score (nSPS) is 12.1. The van der Waals surface area contributed by atoms with E-state index >= 15 is 0 Å². The zero-order chi connectivity index (χ0) is 17.2. The van der Waals surface area contributed by atoms with Crippen LogP contribution in [0.15, 0.2) is 42.6 Å². The maximum absolute atomic E-state index is 6.14. The summed E-state index contributed by atoms with van der Waals surface area (Å²) in [5.74, 6) is 2.21. The lowest BCUT2D eigenvalue weighted by Crippen LogP contribution is -2.02. The number of anilines is 4. The van der Waals surface area contributed by atoms with Crippen molar-refractivity contribution in [1.82, 2.24) is 15.2 Å². The van der Waals surface area contributed by atoms with Crippen LogP contribution in [0, 0.1) is 0 Å². The van der Waals surface area contributed by atoms with Gasteiger partial charge in [-0.1, -0.05) is 23.2 Å². The second-order valence-corrected chi connectivity index (χ2v) is 5.95. The second-order valence-electron chi connectivity index (χ2n) is 5.11. The first-order chi connectivity index (χ1) is 12.2. The number of nitrogens with zero attached hydrogens (tertiary/aromatic N) is 3. The monoisotopic (exact) mass is 375 g/mol. The van der Waals surface area contributed by atoms with E-state index in [1.54, 1.807) is 18.2 Å². The average molecular weight is 376 g/mol. The molecule has 1 aliphatic heterocycles. The molecule has 126 valence electrons. The number of hydrogen-bond acceptors (Lipinski definition) is 7. The molecule has 2 heterocycles. The summed E-state index contributed by atoms with van der Waals surface area (Å²) in [6, 6.07) is 10.6. The summed E-state index contributed by atoms with van der Waals surface area (Å²) in [5, 5.41) is 15.0. The van der Waals surface area contributed by atoms with Crippen molar-refractivity contribution in [2.24, 2.45) is 0 Å². The first kappa shape index (κ1) is 15.7. The van der Waals surface area contributed by atoms with Crippen LogP contribution in [0.3, 0.4) is 0 Å². The molecule has 0 bridgehead atoms. The van der Waals surface area contributed by atoms with Crippen LogP contribution in [0.2, 0.25) is 10.0 Å². The van der Waals surface area contributed by atoms with Crippen molar-refractivity contribution in [3.05, 3.63) is 52.6 Å². The number of aromatic nitrogens is 3. The Labute approximate surface area is 152 Å². The van der Waals surface area contributed by atoms with Crippen LogP contribution in [0.5, 0.6) is 11.5 Å². The quantitative estimate of drug-likeness (QED) is 0.699. The zero-order valence-corrected chi connectivity index (χ0v) is 14.2. The van der Waals surface area contributed by atoms with E-state index in [9.17, 15) is 0 Å². The van der Waals surface area contributed by atoms with Gasteiger partial charge in [-0.3, -0.25) is 0 Å². The van der Waals surface area contributed by atoms with Gasteiger partial charge in [0.2, 0.25) is 12.7 Å². The molecular weight excluding hydrogens is 365 g/mol. The lowest BCUT2D eigenvalue weighted by Gasteiger charge is -2.09. The van der Waals surface area contributed by atoms with Crippen LogP contribution < -0.4 is 20.1 Å². The molecule has 3 aromatic rings. The van der Waals surface area contributed by atoms with Crippen molar-refractivity contribution in [2.75, 3.05) is 17.4 Å². The SMILES string of the molecule is Clc1ccc(Nc2nncc(Nc3ccc4c(c3)OCO4)n2)c(Cl)c1. The number of fused-ring (bicyclic) bond motifs is 1. The van der Waals surface area contributed by atoms with E-state index in [1.807, 2.05) is 18.2 Å². The molecule has 4 rings (SSSR count). The average Bonchev–Trinajstić information content (AvgIpc) is 3.05. The number of hydrogen-bond donors (Lipinski definition) is 2. The molecule has 2 N–H and O–H groups in total. The van der Waals surface area contributed by atoms with Crippen LogP contribution in [-0.4, -0.2) is 22.0 Å². The van der Waals surface area contributed by atoms with Gasteiger partial charge in [-0.2, -0.15) is 10.1 Å². The number of rotatable bonds is 4. The van der Waals surface area contributed by atoms with Crippen LogP contribution >= 0.6 is 23.2 Å². The van der Waals surface area contributed by atoms with Crippen LogP contribution in [0.1, 0.15) is 0 Å². The Balaban J connectivity index is 1.53. The predicted octanol–water partition coefficient (Wildman–Crippen LogP) is 4.39. The molecule has 25 heavy (non-hydrogen) atoms. The summed E-state index contributed by atoms with van der Waals surface area (Å²) in [5.41, 5.74) is 1.42. The molecular formula is C16H11Cl2N5O2. The van der Waals surface area contributed by atoms with Gasteiger partial charge in [-0.25, -0.2) is 0 Å². The lowest BCUT2D eigenvalue weighted by atomic mass is 10.3.